The zero-order chi connectivity index (χ0) is 21.5. The summed E-state index contributed by atoms with van der Waals surface area (Å²) < 4.78 is 54.0. The van der Waals surface area contributed by atoms with Crippen LogP contribution in [0.2, 0.25) is 0 Å². The summed E-state index contributed by atoms with van der Waals surface area (Å²) in [6, 6.07) is 2.09. The van der Waals surface area contributed by atoms with Crippen LogP contribution in [-0.4, -0.2) is 29.2 Å². The predicted molar refractivity (Wildman–Crippen MR) is 106 cm³/mol. The quantitative estimate of drug-likeness (QED) is 0.629. The Bertz CT molecular complexity index is 921. The Labute approximate surface area is 174 Å². The van der Waals surface area contributed by atoms with E-state index in [4.69, 9.17) is 0 Å². The van der Waals surface area contributed by atoms with Crippen molar-refractivity contribution in [3.05, 3.63) is 57.5 Å². The lowest BCUT2D eigenvalue weighted by Gasteiger charge is -2.24. The minimum Gasteiger partial charge on any atom is -0.345 e. The van der Waals surface area contributed by atoms with Crippen LogP contribution < -0.4 is 5.32 Å². The highest BCUT2D eigenvalue weighted by atomic mass is 79.9. The normalized spacial score (nSPS) is 20.1. The minimum absolute atomic E-state index is 0.0224. The summed E-state index contributed by atoms with van der Waals surface area (Å²) in [6.07, 6.45) is -1.38. The molecule has 1 aromatic rings. The highest BCUT2D eigenvalue weighted by Gasteiger charge is 2.36. The van der Waals surface area contributed by atoms with Gasteiger partial charge in [0.1, 0.15) is 11.7 Å². The van der Waals surface area contributed by atoms with Crippen LogP contribution in [0.1, 0.15) is 37.9 Å². The number of fused-ring (bicyclic) bond motifs is 1. The molecule has 2 heterocycles. The lowest BCUT2D eigenvalue weighted by Crippen LogP contribution is -2.37. The number of aliphatic imine (C=N–C) groups is 1. The first-order chi connectivity index (χ1) is 13.5. The first kappa shape index (κ1) is 21.5. The van der Waals surface area contributed by atoms with Gasteiger partial charge in [0.2, 0.25) is 0 Å². The molecule has 9 heteroatoms. The van der Waals surface area contributed by atoms with Crippen molar-refractivity contribution >= 4 is 27.7 Å². The standard InChI is InChI=1S/C20H20BrF4N3O/c1-10(2)16-9-28-8-12(21)7-14(18(28)27-16)19(29)26-11(3)13-5-4-6-15(17(13)22)20(23,24)25/h4-8,10-11,16H,9H2,1-3H3,(H,26,29)/t11-,16+/m1/s1. The molecule has 2 aliphatic rings. The Balaban J connectivity index is 1.85. The summed E-state index contributed by atoms with van der Waals surface area (Å²) >= 11 is 3.37. The van der Waals surface area contributed by atoms with Gasteiger partial charge in [-0.25, -0.2) is 4.39 Å². The Hall–Kier alpha value is -2.16. The summed E-state index contributed by atoms with van der Waals surface area (Å²) in [5.41, 5.74) is -1.31. The number of carbonyl (C=O) groups excluding carboxylic acids is 1. The van der Waals surface area contributed by atoms with Crippen LogP contribution in [0.15, 0.2) is 45.5 Å². The Kier molecular flexibility index (Phi) is 5.89. The number of nitrogens with zero attached hydrogens (tertiary/aromatic N) is 2. The van der Waals surface area contributed by atoms with Crippen molar-refractivity contribution in [2.75, 3.05) is 6.54 Å². The van der Waals surface area contributed by atoms with Gasteiger partial charge >= 0.3 is 6.18 Å². The van der Waals surface area contributed by atoms with Crippen molar-refractivity contribution in [3.8, 4) is 0 Å². The fourth-order valence-corrected chi connectivity index (χ4v) is 3.75. The lowest BCUT2D eigenvalue weighted by atomic mass is 10.0. The van der Waals surface area contributed by atoms with E-state index in [0.29, 0.717) is 22.9 Å². The van der Waals surface area contributed by atoms with E-state index in [9.17, 15) is 22.4 Å². The highest BCUT2D eigenvalue weighted by Crippen LogP contribution is 2.34. The van der Waals surface area contributed by atoms with E-state index in [2.05, 4.69) is 26.2 Å². The highest BCUT2D eigenvalue weighted by molar-refractivity contribution is 9.11. The summed E-state index contributed by atoms with van der Waals surface area (Å²) in [5.74, 6) is -1.14. The number of hydrogen-bond acceptors (Lipinski definition) is 3. The topological polar surface area (TPSA) is 44.7 Å². The molecule has 0 unspecified atom stereocenters. The van der Waals surface area contributed by atoms with Crippen molar-refractivity contribution in [1.29, 1.82) is 0 Å². The molecule has 2 aliphatic heterocycles. The number of allylic oxidation sites excluding steroid dienone is 2. The maximum Gasteiger partial charge on any atom is 0.419 e. The van der Waals surface area contributed by atoms with Crippen molar-refractivity contribution in [2.24, 2.45) is 10.9 Å². The van der Waals surface area contributed by atoms with Gasteiger partial charge in [0, 0.05) is 22.8 Å². The molecule has 1 N–H and O–H groups in total. The van der Waals surface area contributed by atoms with Crippen molar-refractivity contribution < 1.29 is 22.4 Å². The fourth-order valence-electron chi connectivity index (χ4n) is 3.27. The van der Waals surface area contributed by atoms with Gasteiger partial charge in [-0.05, 0) is 40.9 Å². The van der Waals surface area contributed by atoms with Crippen LogP contribution in [0.4, 0.5) is 17.6 Å². The van der Waals surface area contributed by atoms with E-state index in [1.54, 1.807) is 6.08 Å². The second kappa shape index (κ2) is 7.93. The molecule has 0 bridgehead atoms. The van der Waals surface area contributed by atoms with Gasteiger partial charge in [0.15, 0.2) is 0 Å². The largest absolute Gasteiger partial charge is 0.419 e. The van der Waals surface area contributed by atoms with E-state index in [1.165, 1.54) is 13.0 Å². The molecule has 0 aromatic heterocycles. The Morgan fingerprint density at radius 1 is 1.31 bits per heavy atom. The molecule has 0 saturated carbocycles. The van der Waals surface area contributed by atoms with E-state index in [0.717, 1.165) is 6.07 Å². The smallest absolute Gasteiger partial charge is 0.345 e. The maximum absolute atomic E-state index is 14.4. The van der Waals surface area contributed by atoms with Crippen molar-refractivity contribution in [3.63, 3.8) is 0 Å². The predicted octanol–water partition coefficient (Wildman–Crippen LogP) is 4.94. The molecule has 0 aliphatic carbocycles. The van der Waals surface area contributed by atoms with Gasteiger partial charge < -0.3 is 10.2 Å². The second-order valence-corrected chi connectivity index (χ2v) is 8.31. The number of halogens is 5. The average Bonchev–Trinajstić information content (AvgIpc) is 3.04. The molecule has 0 fully saturated rings. The summed E-state index contributed by atoms with van der Waals surface area (Å²) in [6.45, 7) is 6.14. The first-order valence-electron chi connectivity index (χ1n) is 9.09. The molecular weight excluding hydrogens is 454 g/mol. The Morgan fingerprint density at radius 2 is 2.00 bits per heavy atom. The van der Waals surface area contributed by atoms with Crippen LogP contribution in [0.5, 0.6) is 0 Å². The second-order valence-electron chi connectivity index (χ2n) is 7.39. The van der Waals surface area contributed by atoms with E-state index in [-0.39, 0.29) is 23.1 Å². The lowest BCUT2D eigenvalue weighted by molar-refractivity contribution is -0.140. The Morgan fingerprint density at radius 3 is 2.62 bits per heavy atom. The van der Waals surface area contributed by atoms with Crippen LogP contribution in [0.25, 0.3) is 0 Å². The van der Waals surface area contributed by atoms with E-state index in [1.807, 2.05) is 24.9 Å². The summed E-state index contributed by atoms with van der Waals surface area (Å²) in [4.78, 5) is 19.3. The molecule has 156 valence electrons. The van der Waals surface area contributed by atoms with Gasteiger partial charge in [-0.2, -0.15) is 13.2 Å². The number of amides is 1. The molecule has 1 aromatic carbocycles. The van der Waals surface area contributed by atoms with Gasteiger partial charge in [-0.15, -0.1) is 0 Å². The van der Waals surface area contributed by atoms with Crippen molar-refractivity contribution in [1.82, 2.24) is 10.2 Å². The number of nitrogens with one attached hydrogen (secondary N) is 1. The number of amidine groups is 1. The van der Waals surface area contributed by atoms with Gasteiger partial charge in [-0.1, -0.05) is 26.0 Å². The van der Waals surface area contributed by atoms with Crippen LogP contribution in [0, 0.1) is 11.7 Å². The number of hydrogen-bond donors (Lipinski definition) is 1. The molecule has 0 saturated heterocycles. The number of benzene rings is 1. The molecule has 0 spiro atoms. The zero-order valence-corrected chi connectivity index (χ0v) is 17.6. The van der Waals surface area contributed by atoms with Crippen LogP contribution in [-0.2, 0) is 11.0 Å². The fraction of sp³-hybridized carbons (Fsp3) is 0.400. The molecule has 3 rings (SSSR count). The third-order valence-electron chi connectivity index (χ3n) is 4.91. The molecule has 1 amide bonds. The molecule has 4 nitrogen and oxygen atoms in total. The van der Waals surface area contributed by atoms with Gasteiger partial charge in [0.05, 0.1) is 23.2 Å². The van der Waals surface area contributed by atoms with Crippen molar-refractivity contribution in [2.45, 2.75) is 39.0 Å². The van der Waals surface area contributed by atoms with Crippen LogP contribution in [0.3, 0.4) is 0 Å². The monoisotopic (exact) mass is 473 g/mol. The SMILES string of the molecule is CC(C)[C@@H]1CN2C=C(Br)C=C(C(=O)N[C@H](C)c3cccc(C(F)(F)F)c3F)C2=N1. The number of alkyl halides is 3. The first-order valence-corrected chi connectivity index (χ1v) is 9.88. The third-order valence-corrected chi connectivity index (χ3v) is 5.34. The van der Waals surface area contributed by atoms with Gasteiger partial charge in [-0.3, -0.25) is 9.79 Å². The van der Waals surface area contributed by atoms with Gasteiger partial charge in [0.25, 0.3) is 5.91 Å². The van der Waals surface area contributed by atoms with Crippen LogP contribution >= 0.6 is 15.9 Å². The average molecular weight is 474 g/mol. The number of rotatable bonds is 4. The summed E-state index contributed by atoms with van der Waals surface area (Å²) in [7, 11) is 0. The van der Waals surface area contributed by atoms with E-state index >= 15 is 0 Å². The zero-order valence-electron chi connectivity index (χ0n) is 16.0. The maximum atomic E-state index is 14.4. The molecule has 0 radical (unpaired) electrons. The van der Waals surface area contributed by atoms with E-state index < -0.39 is 29.5 Å². The minimum atomic E-state index is -4.81. The molecule has 2 atom stereocenters. The number of carbonyl (C=O) groups is 1. The third kappa shape index (κ3) is 4.39. The molecule has 29 heavy (non-hydrogen) atoms. The molecular formula is C20H20BrF4N3O. The summed E-state index contributed by atoms with van der Waals surface area (Å²) in [5, 5.41) is 2.59.